The van der Waals surface area contributed by atoms with Gasteiger partial charge in [0.2, 0.25) is 11.8 Å². The van der Waals surface area contributed by atoms with Crippen molar-refractivity contribution in [3.63, 3.8) is 0 Å². The molecule has 114 valence electrons. The van der Waals surface area contributed by atoms with Gasteiger partial charge in [-0.1, -0.05) is 0 Å². The molecule has 2 amide bonds. The van der Waals surface area contributed by atoms with Crippen molar-refractivity contribution >= 4 is 24.2 Å². The molecule has 0 radical (unpaired) electrons. The van der Waals surface area contributed by atoms with Gasteiger partial charge in [-0.05, 0) is 13.3 Å². The molecule has 0 aliphatic heterocycles. The molecule has 19 heavy (non-hydrogen) atoms. The van der Waals surface area contributed by atoms with Crippen LogP contribution in [0.15, 0.2) is 0 Å². The van der Waals surface area contributed by atoms with Crippen LogP contribution < -0.4 is 5.73 Å². The molecular formula is C12H26ClN3O3. The van der Waals surface area contributed by atoms with E-state index in [1.807, 2.05) is 6.92 Å². The lowest BCUT2D eigenvalue weighted by Gasteiger charge is -2.23. The summed E-state index contributed by atoms with van der Waals surface area (Å²) < 4.78 is 4.95. The number of halogens is 1. The molecule has 2 N–H and O–H groups in total. The lowest BCUT2D eigenvalue weighted by Crippen LogP contribution is -2.42. The third-order valence-electron chi connectivity index (χ3n) is 2.56. The quantitative estimate of drug-likeness (QED) is 0.689. The van der Waals surface area contributed by atoms with E-state index in [-0.39, 0.29) is 36.8 Å². The van der Waals surface area contributed by atoms with E-state index in [0.717, 1.165) is 0 Å². The lowest BCUT2D eigenvalue weighted by atomic mass is 10.2. The molecule has 0 saturated heterocycles. The van der Waals surface area contributed by atoms with Crippen LogP contribution in [0.1, 0.15) is 19.8 Å². The zero-order valence-electron chi connectivity index (χ0n) is 12.2. The van der Waals surface area contributed by atoms with Gasteiger partial charge < -0.3 is 20.3 Å². The number of ether oxygens (including phenoxy) is 1. The number of nitrogens with zero attached hydrogens (tertiary/aromatic N) is 2. The highest BCUT2D eigenvalue weighted by molar-refractivity contribution is 5.85. The van der Waals surface area contributed by atoms with E-state index in [1.54, 1.807) is 21.2 Å². The third kappa shape index (κ3) is 9.69. The SMILES string of the molecule is COCCN(CC(=O)N(C)C)C(=O)CCC(C)N.Cl. The second kappa shape index (κ2) is 11.0. The summed E-state index contributed by atoms with van der Waals surface area (Å²) in [5, 5.41) is 0. The van der Waals surface area contributed by atoms with Crippen molar-refractivity contribution in [1.29, 1.82) is 0 Å². The first-order valence-corrected chi connectivity index (χ1v) is 6.11. The summed E-state index contributed by atoms with van der Waals surface area (Å²) in [5.41, 5.74) is 5.62. The number of hydrogen-bond donors (Lipinski definition) is 1. The minimum atomic E-state index is -0.0970. The highest BCUT2D eigenvalue weighted by Gasteiger charge is 2.18. The number of carbonyl (C=O) groups is 2. The van der Waals surface area contributed by atoms with Crippen LogP contribution in [0.5, 0.6) is 0 Å². The molecule has 0 aromatic heterocycles. The molecule has 0 fully saturated rings. The van der Waals surface area contributed by atoms with Gasteiger partial charge in [-0.25, -0.2) is 0 Å². The Labute approximate surface area is 121 Å². The van der Waals surface area contributed by atoms with E-state index < -0.39 is 0 Å². The third-order valence-corrected chi connectivity index (χ3v) is 2.56. The molecule has 1 atom stereocenters. The van der Waals surface area contributed by atoms with Gasteiger partial charge in [-0.2, -0.15) is 0 Å². The Morgan fingerprint density at radius 3 is 2.26 bits per heavy atom. The maximum Gasteiger partial charge on any atom is 0.241 e. The number of rotatable bonds is 8. The van der Waals surface area contributed by atoms with Crippen molar-refractivity contribution in [2.45, 2.75) is 25.8 Å². The van der Waals surface area contributed by atoms with E-state index >= 15 is 0 Å². The summed E-state index contributed by atoms with van der Waals surface area (Å²) in [6, 6.07) is -0.0113. The summed E-state index contributed by atoms with van der Waals surface area (Å²) in [4.78, 5) is 26.6. The first-order chi connectivity index (χ1) is 8.38. The molecule has 0 rings (SSSR count). The van der Waals surface area contributed by atoms with Crippen molar-refractivity contribution in [2.75, 3.05) is 40.9 Å². The van der Waals surface area contributed by atoms with Gasteiger partial charge >= 0.3 is 0 Å². The predicted octanol–water partition coefficient (Wildman–Crippen LogP) is 0.0988. The van der Waals surface area contributed by atoms with E-state index in [9.17, 15) is 9.59 Å². The average molecular weight is 296 g/mol. The van der Waals surface area contributed by atoms with Crippen LogP contribution in [-0.2, 0) is 14.3 Å². The molecule has 0 saturated carbocycles. The number of nitrogens with two attached hydrogens (primary N) is 1. The van der Waals surface area contributed by atoms with Gasteiger partial charge in [-0.3, -0.25) is 9.59 Å². The summed E-state index contributed by atoms with van der Waals surface area (Å²) in [7, 11) is 4.91. The zero-order valence-corrected chi connectivity index (χ0v) is 13.0. The van der Waals surface area contributed by atoms with Crippen molar-refractivity contribution in [3.05, 3.63) is 0 Å². The van der Waals surface area contributed by atoms with Crippen molar-refractivity contribution in [1.82, 2.24) is 9.80 Å². The second-order valence-corrected chi connectivity index (χ2v) is 4.61. The molecule has 0 bridgehead atoms. The lowest BCUT2D eigenvalue weighted by molar-refractivity contribution is -0.139. The van der Waals surface area contributed by atoms with Crippen LogP contribution in [0.2, 0.25) is 0 Å². The molecule has 6 nitrogen and oxygen atoms in total. The monoisotopic (exact) mass is 295 g/mol. The molecule has 0 aliphatic rings. The minimum absolute atomic E-state index is 0. The van der Waals surface area contributed by atoms with Crippen molar-refractivity contribution in [2.24, 2.45) is 5.73 Å². The first-order valence-electron chi connectivity index (χ1n) is 6.11. The second-order valence-electron chi connectivity index (χ2n) is 4.61. The van der Waals surface area contributed by atoms with Crippen LogP contribution >= 0.6 is 12.4 Å². The summed E-state index contributed by atoms with van der Waals surface area (Å²) >= 11 is 0. The molecule has 0 heterocycles. The Morgan fingerprint density at radius 2 is 1.84 bits per heavy atom. The van der Waals surface area contributed by atoms with Gasteiger partial charge in [0, 0.05) is 40.2 Å². The first kappa shape index (κ1) is 20.5. The van der Waals surface area contributed by atoms with E-state index in [1.165, 1.54) is 9.80 Å². The molecule has 0 aromatic carbocycles. The number of amides is 2. The van der Waals surface area contributed by atoms with Gasteiger partial charge in [0.25, 0.3) is 0 Å². The maximum absolute atomic E-state index is 12.0. The highest BCUT2D eigenvalue weighted by atomic mass is 35.5. The molecule has 7 heteroatoms. The van der Waals surface area contributed by atoms with Gasteiger partial charge in [0.05, 0.1) is 13.2 Å². The van der Waals surface area contributed by atoms with Crippen LogP contribution in [0, 0.1) is 0 Å². The summed E-state index contributed by atoms with van der Waals surface area (Å²) in [6.07, 6.45) is 0.987. The fraction of sp³-hybridized carbons (Fsp3) is 0.833. The Balaban J connectivity index is 0. The predicted molar refractivity (Wildman–Crippen MR) is 77.3 cm³/mol. The largest absolute Gasteiger partial charge is 0.383 e. The highest BCUT2D eigenvalue weighted by Crippen LogP contribution is 2.01. The van der Waals surface area contributed by atoms with Gasteiger partial charge in [0.15, 0.2) is 0 Å². The van der Waals surface area contributed by atoms with Crippen LogP contribution in [0.4, 0.5) is 0 Å². The Kier molecular flexibility index (Phi) is 11.9. The fourth-order valence-electron chi connectivity index (χ4n) is 1.31. The Morgan fingerprint density at radius 1 is 1.26 bits per heavy atom. The molecular weight excluding hydrogens is 270 g/mol. The topological polar surface area (TPSA) is 75.9 Å². The molecule has 0 spiro atoms. The van der Waals surface area contributed by atoms with Crippen LogP contribution in [0.25, 0.3) is 0 Å². The van der Waals surface area contributed by atoms with Crippen molar-refractivity contribution < 1.29 is 14.3 Å². The molecule has 0 aromatic rings. The fourth-order valence-corrected chi connectivity index (χ4v) is 1.31. The van der Waals surface area contributed by atoms with E-state index in [4.69, 9.17) is 10.5 Å². The summed E-state index contributed by atoms with van der Waals surface area (Å²) in [6.45, 7) is 2.80. The standard InChI is InChI=1S/C12H25N3O3.ClH/c1-10(13)5-6-11(16)15(7-8-18-4)9-12(17)14(2)3;/h10H,5-9,13H2,1-4H3;1H. The maximum atomic E-state index is 12.0. The van der Waals surface area contributed by atoms with E-state index in [0.29, 0.717) is 26.0 Å². The Bertz CT molecular complexity index is 273. The van der Waals surface area contributed by atoms with Crippen LogP contribution in [-0.4, -0.2) is 68.6 Å². The Hall–Kier alpha value is -0.850. The average Bonchev–Trinajstić information content (AvgIpc) is 2.30. The molecule has 1 unspecified atom stereocenters. The van der Waals surface area contributed by atoms with Gasteiger partial charge in [-0.15, -0.1) is 12.4 Å². The van der Waals surface area contributed by atoms with E-state index in [2.05, 4.69) is 0 Å². The van der Waals surface area contributed by atoms with Crippen LogP contribution in [0.3, 0.4) is 0 Å². The van der Waals surface area contributed by atoms with Crippen molar-refractivity contribution in [3.8, 4) is 0 Å². The number of hydrogen-bond acceptors (Lipinski definition) is 4. The smallest absolute Gasteiger partial charge is 0.241 e. The number of methoxy groups -OCH3 is 1. The number of likely N-dealkylation sites (N-methyl/N-ethyl adjacent to an activating group) is 1. The molecule has 0 aliphatic carbocycles. The summed E-state index contributed by atoms with van der Waals surface area (Å²) in [5.74, 6) is -0.153. The zero-order chi connectivity index (χ0) is 14.1. The van der Waals surface area contributed by atoms with Gasteiger partial charge in [0.1, 0.15) is 0 Å². The normalized spacial score (nSPS) is 11.4. The number of carbonyl (C=O) groups excluding carboxylic acids is 2. The minimum Gasteiger partial charge on any atom is -0.383 e.